The molecular weight excluding hydrogens is 216 g/mol. The van der Waals surface area contributed by atoms with Crippen molar-refractivity contribution in [1.82, 2.24) is 0 Å². The van der Waals surface area contributed by atoms with Crippen molar-refractivity contribution in [1.29, 1.82) is 0 Å². The highest BCUT2D eigenvalue weighted by Gasteiger charge is 2.06. The average molecular weight is 224 g/mol. The second-order valence-corrected chi connectivity index (χ2v) is 3.81. The molecule has 1 heterocycles. The van der Waals surface area contributed by atoms with Crippen LogP contribution in [-0.4, -0.2) is 6.29 Å². The first-order valence-electron chi connectivity index (χ1n) is 5.20. The molecule has 0 saturated heterocycles. The normalized spacial score (nSPS) is 10.8. The number of rotatable bonds is 1. The minimum absolute atomic E-state index is 0.414. The summed E-state index contributed by atoms with van der Waals surface area (Å²) in [6.45, 7) is 0. The summed E-state index contributed by atoms with van der Waals surface area (Å²) in [6, 6.07) is 12.4. The second kappa shape index (κ2) is 3.56. The number of aldehydes is 1. The molecule has 0 aliphatic rings. The Balaban J connectivity index is 2.58. The Morgan fingerprint density at radius 1 is 0.941 bits per heavy atom. The van der Waals surface area contributed by atoms with Gasteiger partial charge < -0.3 is 4.42 Å². The first kappa shape index (κ1) is 9.78. The summed E-state index contributed by atoms with van der Waals surface area (Å²) >= 11 is 0. The van der Waals surface area contributed by atoms with E-state index in [1.165, 1.54) is 0 Å². The van der Waals surface area contributed by atoms with E-state index in [-0.39, 0.29) is 0 Å². The fourth-order valence-electron chi connectivity index (χ4n) is 1.97. The fraction of sp³-hybridized carbons (Fsp3) is 0. The summed E-state index contributed by atoms with van der Waals surface area (Å²) in [7, 11) is 0. The van der Waals surface area contributed by atoms with Gasteiger partial charge in [-0.1, -0.05) is 30.3 Å². The molecular formula is C14H8O3. The molecule has 0 radical (unpaired) electrons. The van der Waals surface area contributed by atoms with Crippen LogP contribution in [0.1, 0.15) is 10.4 Å². The highest BCUT2D eigenvalue weighted by atomic mass is 16.4. The van der Waals surface area contributed by atoms with Gasteiger partial charge in [0.05, 0.1) is 5.39 Å². The van der Waals surface area contributed by atoms with Gasteiger partial charge in [0.1, 0.15) is 11.9 Å². The number of hydrogen-bond acceptors (Lipinski definition) is 3. The first-order chi connectivity index (χ1) is 8.29. The maximum absolute atomic E-state index is 11.8. The number of benzene rings is 2. The van der Waals surface area contributed by atoms with E-state index in [0.29, 0.717) is 22.8 Å². The van der Waals surface area contributed by atoms with Crippen LogP contribution >= 0.6 is 0 Å². The third-order valence-electron chi connectivity index (χ3n) is 2.78. The lowest BCUT2D eigenvalue weighted by molar-refractivity contribution is 0.112. The summed E-state index contributed by atoms with van der Waals surface area (Å²) in [4.78, 5) is 22.5. The predicted molar refractivity (Wildman–Crippen MR) is 65.4 cm³/mol. The maximum Gasteiger partial charge on any atom is 0.344 e. The molecule has 0 amide bonds. The van der Waals surface area contributed by atoms with Crippen molar-refractivity contribution in [3.63, 3.8) is 0 Å². The minimum atomic E-state index is -0.414. The molecule has 3 heteroatoms. The van der Waals surface area contributed by atoms with Crippen LogP contribution in [0.25, 0.3) is 21.7 Å². The molecule has 3 nitrogen and oxygen atoms in total. The summed E-state index contributed by atoms with van der Waals surface area (Å²) in [6.07, 6.45) is 0.716. The van der Waals surface area contributed by atoms with Crippen LogP contribution in [0, 0.1) is 0 Å². The first-order valence-corrected chi connectivity index (χ1v) is 5.20. The molecule has 82 valence electrons. The van der Waals surface area contributed by atoms with Gasteiger partial charge in [0.25, 0.3) is 0 Å². The van der Waals surface area contributed by atoms with Gasteiger partial charge in [0.2, 0.25) is 0 Å². The number of para-hydroxylation sites is 1. The summed E-state index contributed by atoms with van der Waals surface area (Å²) in [5.41, 5.74) is 0.617. The van der Waals surface area contributed by atoms with Crippen molar-refractivity contribution in [2.45, 2.75) is 0 Å². The lowest BCUT2D eigenvalue weighted by Gasteiger charge is -2.02. The largest absolute Gasteiger partial charge is 0.422 e. The zero-order chi connectivity index (χ0) is 11.8. The van der Waals surface area contributed by atoms with Crippen molar-refractivity contribution in [3.05, 3.63) is 58.4 Å². The van der Waals surface area contributed by atoms with Crippen LogP contribution < -0.4 is 5.63 Å². The fourth-order valence-corrected chi connectivity index (χ4v) is 1.97. The highest BCUT2D eigenvalue weighted by Crippen LogP contribution is 2.22. The molecule has 0 spiro atoms. The molecule has 1 aromatic heterocycles. The van der Waals surface area contributed by atoms with E-state index in [9.17, 15) is 9.59 Å². The Bertz CT molecular complexity index is 784. The lowest BCUT2D eigenvalue weighted by atomic mass is 10.1. The number of carbonyl (C=O) groups excluding carboxylic acids is 1. The van der Waals surface area contributed by atoms with E-state index in [1.54, 1.807) is 24.3 Å². The average Bonchev–Trinajstić information content (AvgIpc) is 2.38. The predicted octanol–water partition coefficient (Wildman–Crippen LogP) is 2.76. The zero-order valence-corrected chi connectivity index (χ0v) is 8.84. The Morgan fingerprint density at radius 2 is 1.76 bits per heavy atom. The van der Waals surface area contributed by atoms with E-state index in [4.69, 9.17) is 4.42 Å². The van der Waals surface area contributed by atoms with Gasteiger partial charge in [-0.05, 0) is 17.5 Å². The third kappa shape index (κ3) is 1.44. The van der Waals surface area contributed by atoms with Crippen LogP contribution in [0.2, 0.25) is 0 Å². The molecule has 3 rings (SSSR count). The maximum atomic E-state index is 11.8. The van der Waals surface area contributed by atoms with E-state index in [0.717, 1.165) is 10.8 Å². The van der Waals surface area contributed by atoms with E-state index >= 15 is 0 Å². The highest BCUT2D eigenvalue weighted by molar-refractivity contribution is 6.05. The molecule has 0 fully saturated rings. The Hall–Kier alpha value is -2.42. The second-order valence-electron chi connectivity index (χ2n) is 3.81. The third-order valence-corrected chi connectivity index (χ3v) is 2.78. The lowest BCUT2D eigenvalue weighted by Crippen LogP contribution is -2.00. The van der Waals surface area contributed by atoms with Crippen LogP contribution in [0.4, 0.5) is 0 Å². The number of fused-ring (bicyclic) bond motifs is 3. The molecule has 0 unspecified atom stereocenters. The Morgan fingerprint density at radius 3 is 2.59 bits per heavy atom. The van der Waals surface area contributed by atoms with Gasteiger partial charge in [-0.3, -0.25) is 4.79 Å². The van der Waals surface area contributed by atoms with Crippen LogP contribution in [0.15, 0.2) is 51.7 Å². The molecule has 17 heavy (non-hydrogen) atoms. The molecule has 0 aliphatic carbocycles. The van der Waals surface area contributed by atoms with Crippen molar-refractivity contribution in [3.8, 4) is 0 Å². The van der Waals surface area contributed by atoms with E-state index < -0.39 is 5.63 Å². The van der Waals surface area contributed by atoms with E-state index in [2.05, 4.69) is 0 Å². The van der Waals surface area contributed by atoms with Crippen molar-refractivity contribution >= 4 is 28.0 Å². The van der Waals surface area contributed by atoms with Crippen molar-refractivity contribution < 1.29 is 9.21 Å². The van der Waals surface area contributed by atoms with Crippen molar-refractivity contribution in [2.75, 3.05) is 0 Å². The molecule has 0 N–H and O–H groups in total. The Kier molecular flexibility index (Phi) is 2.05. The SMILES string of the molecule is O=Cc1ccc2c(c1)c(=O)oc1ccccc12. The van der Waals surface area contributed by atoms with Crippen LogP contribution in [0.3, 0.4) is 0 Å². The smallest absolute Gasteiger partial charge is 0.344 e. The van der Waals surface area contributed by atoms with Gasteiger partial charge >= 0.3 is 5.63 Å². The van der Waals surface area contributed by atoms with Crippen LogP contribution in [-0.2, 0) is 0 Å². The van der Waals surface area contributed by atoms with Crippen molar-refractivity contribution in [2.24, 2.45) is 0 Å². The minimum Gasteiger partial charge on any atom is -0.422 e. The van der Waals surface area contributed by atoms with Gasteiger partial charge in [0.15, 0.2) is 0 Å². The molecule has 0 atom stereocenters. The summed E-state index contributed by atoms with van der Waals surface area (Å²) in [5.74, 6) is 0. The topological polar surface area (TPSA) is 47.3 Å². The zero-order valence-electron chi connectivity index (χ0n) is 8.84. The summed E-state index contributed by atoms with van der Waals surface area (Å²) < 4.78 is 5.20. The quantitative estimate of drug-likeness (QED) is 0.362. The molecule has 0 aliphatic heterocycles. The standard InChI is InChI=1S/C14H8O3/c15-8-9-5-6-10-11-3-1-2-4-13(11)17-14(16)12(10)7-9/h1-8H. The van der Waals surface area contributed by atoms with Crippen LogP contribution in [0.5, 0.6) is 0 Å². The van der Waals surface area contributed by atoms with Gasteiger partial charge in [-0.25, -0.2) is 4.79 Å². The van der Waals surface area contributed by atoms with Gasteiger partial charge in [-0.2, -0.15) is 0 Å². The molecule has 0 bridgehead atoms. The molecule has 3 aromatic rings. The monoisotopic (exact) mass is 224 g/mol. The Labute approximate surface area is 96.3 Å². The summed E-state index contributed by atoms with van der Waals surface area (Å²) in [5, 5.41) is 2.12. The van der Waals surface area contributed by atoms with Gasteiger partial charge in [-0.15, -0.1) is 0 Å². The van der Waals surface area contributed by atoms with Gasteiger partial charge in [0, 0.05) is 10.9 Å². The number of carbonyl (C=O) groups is 1. The van der Waals surface area contributed by atoms with E-state index in [1.807, 2.05) is 18.2 Å². The number of hydrogen-bond donors (Lipinski definition) is 0. The molecule has 0 saturated carbocycles. The molecule has 2 aromatic carbocycles.